The molecule has 0 aliphatic carbocycles. The van der Waals surface area contributed by atoms with Gasteiger partial charge in [-0.1, -0.05) is 13.3 Å². The molecule has 1 amide bonds. The quantitative estimate of drug-likeness (QED) is 0.863. The number of carbonyl (C=O) groups is 1. The summed E-state index contributed by atoms with van der Waals surface area (Å²) in [6, 6.07) is 1.41. The molecule has 0 saturated heterocycles. The molecule has 18 heavy (non-hydrogen) atoms. The third-order valence-corrected chi connectivity index (χ3v) is 4.72. The highest BCUT2D eigenvalue weighted by atomic mass is 32.2. The second kappa shape index (κ2) is 5.81. The van der Waals surface area contributed by atoms with Crippen molar-refractivity contribution in [3.63, 3.8) is 0 Å². The predicted octanol–water partition coefficient (Wildman–Crippen LogP) is 1.62. The molecule has 0 saturated carbocycles. The molecule has 0 spiro atoms. The largest absolute Gasteiger partial charge is 0.349 e. The second-order valence-electron chi connectivity index (χ2n) is 4.24. The van der Waals surface area contributed by atoms with Crippen molar-refractivity contribution in [3.05, 3.63) is 15.8 Å². The van der Waals surface area contributed by atoms with Gasteiger partial charge in [0.25, 0.3) is 5.91 Å². The van der Waals surface area contributed by atoms with Crippen LogP contribution in [-0.2, 0) is 10.0 Å². The molecule has 0 bridgehead atoms. The van der Waals surface area contributed by atoms with Crippen molar-refractivity contribution in [2.24, 2.45) is 5.14 Å². The van der Waals surface area contributed by atoms with Crippen LogP contribution in [0.4, 0.5) is 0 Å². The Bertz CT molecular complexity index is 534. The van der Waals surface area contributed by atoms with E-state index in [0.717, 1.165) is 24.2 Å². The summed E-state index contributed by atoms with van der Waals surface area (Å²) in [6.07, 6.45) is 1.87. The molecule has 0 radical (unpaired) electrons. The number of hydrogen-bond acceptors (Lipinski definition) is 4. The smallest absolute Gasteiger partial charge is 0.261 e. The van der Waals surface area contributed by atoms with Crippen LogP contribution in [0.2, 0.25) is 0 Å². The minimum absolute atomic E-state index is 0.0285. The Kier molecular flexibility index (Phi) is 4.89. The zero-order valence-corrected chi connectivity index (χ0v) is 12.3. The normalized spacial score (nSPS) is 13.3. The van der Waals surface area contributed by atoms with Gasteiger partial charge in [0.15, 0.2) is 0 Å². The van der Waals surface area contributed by atoms with E-state index in [1.165, 1.54) is 6.07 Å². The Balaban J connectivity index is 2.89. The summed E-state index contributed by atoms with van der Waals surface area (Å²) in [5.41, 5.74) is 0. The lowest BCUT2D eigenvalue weighted by Gasteiger charge is -2.11. The van der Waals surface area contributed by atoms with Crippen molar-refractivity contribution in [3.8, 4) is 0 Å². The Morgan fingerprint density at radius 3 is 2.61 bits per heavy atom. The number of carbonyl (C=O) groups excluding carboxylic acids is 1. The highest BCUT2D eigenvalue weighted by Gasteiger charge is 2.19. The summed E-state index contributed by atoms with van der Waals surface area (Å²) in [4.78, 5) is 12.8. The van der Waals surface area contributed by atoms with Crippen LogP contribution in [-0.4, -0.2) is 20.4 Å². The van der Waals surface area contributed by atoms with Gasteiger partial charge in [0.1, 0.15) is 0 Å². The number of nitrogens with two attached hydrogens (primary N) is 1. The number of nitrogens with one attached hydrogen (secondary N) is 1. The van der Waals surface area contributed by atoms with Gasteiger partial charge in [0.05, 0.1) is 9.77 Å². The van der Waals surface area contributed by atoms with Gasteiger partial charge in [-0.25, -0.2) is 13.6 Å². The maximum absolute atomic E-state index is 11.9. The molecule has 1 aromatic heterocycles. The minimum Gasteiger partial charge on any atom is -0.349 e. The zero-order valence-electron chi connectivity index (χ0n) is 10.7. The van der Waals surface area contributed by atoms with Crippen LogP contribution in [0.25, 0.3) is 0 Å². The predicted molar refractivity (Wildman–Crippen MR) is 72.3 cm³/mol. The van der Waals surface area contributed by atoms with Crippen LogP contribution in [0.3, 0.4) is 0 Å². The summed E-state index contributed by atoms with van der Waals surface area (Å²) < 4.78 is 22.5. The van der Waals surface area contributed by atoms with Gasteiger partial charge in [0.2, 0.25) is 10.0 Å². The Hall–Kier alpha value is -0.920. The van der Waals surface area contributed by atoms with Gasteiger partial charge in [0, 0.05) is 10.9 Å². The van der Waals surface area contributed by atoms with Crippen molar-refractivity contribution in [2.75, 3.05) is 0 Å². The van der Waals surface area contributed by atoms with Gasteiger partial charge in [-0.15, -0.1) is 11.3 Å². The molecule has 3 N–H and O–H groups in total. The average molecular weight is 290 g/mol. The third-order valence-electron chi connectivity index (χ3n) is 2.50. The Labute approximate surface area is 111 Å². The van der Waals surface area contributed by atoms with Gasteiger partial charge in [-0.2, -0.15) is 0 Å². The molecule has 1 heterocycles. The van der Waals surface area contributed by atoms with E-state index in [0.29, 0.717) is 9.75 Å². The van der Waals surface area contributed by atoms with Gasteiger partial charge in [-0.3, -0.25) is 4.79 Å². The Morgan fingerprint density at radius 2 is 2.17 bits per heavy atom. The summed E-state index contributed by atoms with van der Waals surface area (Å²) in [5, 5.41) is 7.89. The summed E-state index contributed by atoms with van der Waals surface area (Å²) >= 11 is 1.14. The van der Waals surface area contributed by atoms with E-state index in [1.54, 1.807) is 6.92 Å². The average Bonchev–Trinajstić information content (AvgIpc) is 2.60. The van der Waals surface area contributed by atoms with E-state index in [-0.39, 0.29) is 16.8 Å². The Morgan fingerprint density at radius 1 is 1.56 bits per heavy atom. The molecular formula is C11H18N2O3S2. The molecule has 0 aliphatic rings. The molecule has 0 aliphatic heterocycles. The van der Waals surface area contributed by atoms with Crippen LogP contribution >= 0.6 is 11.3 Å². The van der Waals surface area contributed by atoms with Crippen LogP contribution in [0.15, 0.2) is 11.0 Å². The third kappa shape index (κ3) is 3.79. The van der Waals surface area contributed by atoms with Crippen LogP contribution in [0.1, 0.15) is 41.2 Å². The molecule has 0 aromatic carbocycles. The molecule has 5 nitrogen and oxygen atoms in total. The van der Waals surface area contributed by atoms with Gasteiger partial charge < -0.3 is 5.32 Å². The highest BCUT2D eigenvalue weighted by molar-refractivity contribution is 7.89. The summed E-state index contributed by atoms with van der Waals surface area (Å²) in [6.45, 7) is 5.59. The number of sulfonamides is 1. The molecule has 7 heteroatoms. The van der Waals surface area contributed by atoms with E-state index < -0.39 is 10.0 Å². The fraction of sp³-hybridized carbons (Fsp3) is 0.545. The minimum atomic E-state index is -3.75. The fourth-order valence-corrected chi connectivity index (χ4v) is 3.71. The van der Waals surface area contributed by atoms with E-state index in [1.807, 2.05) is 13.8 Å². The van der Waals surface area contributed by atoms with Gasteiger partial charge in [-0.05, 0) is 26.3 Å². The van der Waals surface area contributed by atoms with E-state index in [9.17, 15) is 13.2 Å². The standard InChI is InChI=1S/C11H18N2O3S2/c1-4-5-7(2)13-11(14)9-6-10(8(3)17-9)18(12,15)16/h6-7H,4-5H2,1-3H3,(H,13,14)(H2,12,15,16). The van der Waals surface area contributed by atoms with E-state index in [4.69, 9.17) is 5.14 Å². The number of hydrogen-bond donors (Lipinski definition) is 2. The van der Waals surface area contributed by atoms with Crippen LogP contribution in [0, 0.1) is 6.92 Å². The van der Waals surface area contributed by atoms with Crippen LogP contribution in [0.5, 0.6) is 0 Å². The monoisotopic (exact) mass is 290 g/mol. The summed E-state index contributed by atoms with van der Waals surface area (Å²) in [5.74, 6) is -0.251. The molecule has 1 unspecified atom stereocenters. The number of primary sulfonamides is 1. The van der Waals surface area contributed by atoms with Crippen molar-refractivity contribution in [1.29, 1.82) is 0 Å². The van der Waals surface area contributed by atoms with Crippen molar-refractivity contribution >= 4 is 27.3 Å². The molecule has 1 rings (SSSR count). The van der Waals surface area contributed by atoms with Gasteiger partial charge >= 0.3 is 0 Å². The number of thiophene rings is 1. The maximum Gasteiger partial charge on any atom is 0.261 e. The first-order chi connectivity index (χ1) is 8.25. The highest BCUT2D eigenvalue weighted by Crippen LogP contribution is 2.24. The first-order valence-corrected chi connectivity index (χ1v) is 8.06. The molecule has 1 atom stereocenters. The maximum atomic E-state index is 11.9. The van der Waals surface area contributed by atoms with E-state index in [2.05, 4.69) is 5.32 Å². The van der Waals surface area contributed by atoms with Crippen molar-refractivity contribution in [2.45, 2.75) is 44.6 Å². The van der Waals surface area contributed by atoms with Crippen LogP contribution < -0.4 is 10.5 Å². The molecule has 0 fully saturated rings. The molecule has 102 valence electrons. The molecule has 1 aromatic rings. The van der Waals surface area contributed by atoms with Crippen molar-refractivity contribution in [1.82, 2.24) is 5.32 Å². The zero-order chi connectivity index (χ0) is 13.9. The lowest BCUT2D eigenvalue weighted by molar-refractivity contribution is 0.0942. The number of rotatable bonds is 5. The lowest BCUT2D eigenvalue weighted by Crippen LogP contribution is -2.31. The summed E-state index contributed by atoms with van der Waals surface area (Å²) in [7, 11) is -3.75. The SMILES string of the molecule is CCCC(C)NC(=O)c1cc(S(N)(=O)=O)c(C)s1. The van der Waals surface area contributed by atoms with Crippen molar-refractivity contribution < 1.29 is 13.2 Å². The lowest BCUT2D eigenvalue weighted by atomic mass is 10.2. The van der Waals surface area contributed by atoms with E-state index >= 15 is 0 Å². The number of amides is 1. The number of aryl methyl sites for hydroxylation is 1. The topological polar surface area (TPSA) is 89.3 Å². The second-order valence-corrected chi connectivity index (χ2v) is 7.03. The first-order valence-electron chi connectivity index (χ1n) is 5.69. The fourth-order valence-electron chi connectivity index (χ4n) is 1.66. The first kappa shape index (κ1) is 15.1. The molecular weight excluding hydrogens is 272 g/mol.